The summed E-state index contributed by atoms with van der Waals surface area (Å²) in [4.78, 5) is 33.9. The van der Waals surface area contributed by atoms with Crippen LogP contribution in [0.25, 0.3) is 0 Å². The highest BCUT2D eigenvalue weighted by molar-refractivity contribution is 5.99. The molecule has 0 bridgehead atoms. The van der Waals surface area contributed by atoms with E-state index in [4.69, 9.17) is 4.74 Å². The van der Waals surface area contributed by atoms with Gasteiger partial charge in [-0.3, -0.25) is 30.6 Å². The van der Waals surface area contributed by atoms with E-state index in [1.54, 1.807) is 25.3 Å². The molecule has 2 aromatic carbocycles. The van der Waals surface area contributed by atoms with Gasteiger partial charge in [-0.25, -0.2) is 0 Å². The molecule has 2 N–H and O–H groups in total. The monoisotopic (exact) mass is 329 g/mol. The number of non-ortho nitro benzene ring substituents is 1. The van der Waals surface area contributed by atoms with Crippen molar-refractivity contribution < 1.29 is 19.2 Å². The Bertz CT molecular complexity index is 759. The van der Waals surface area contributed by atoms with E-state index in [0.29, 0.717) is 12.2 Å². The molecule has 0 aliphatic carbocycles. The Morgan fingerprint density at radius 3 is 2.25 bits per heavy atom. The van der Waals surface area contributed by atoms with Gasteiger partial charge >= 0.3 is 0 Å². The van der Waals surface area contributed by atoms with E-state index in [1.807, 2.05) is 6.07 Å². The Morgan fingerprint density at radius 1 is 1.04 bits per heavy atom. The second-order valence-corrected chi connectivity index (χ2v) is 4.85. The SMILES string of the molecule is COCc1cccc(C(=O)NNC(=O)c2ccc([N+](=O)[O-])cc2)c1. The molecule has 8 nitrogen and oxygen atoms in total. The van der Waals surface area contributed by atoms with Crippen LogP contribution < -0.4 is 10.9 Å². The number of hydrazine groups is 1. The summed E-state index contributed by atoms with van der Waals surface area (Å²) in [6, 6.07) is 11.8. The van der Waals surface area contributed by atoms with Crippen LogP contribution in [0.15, 0.2) is 48.5 Å². The highest BCUT2D eigenvalue weighted by Gasteiger charge is 2.11. The highest BCUT2D eigenvalue weighted by Crippen LogP contribution is 2.11. The van der Waals surface area contributed by atoms with Gasteiger partial charge in [-0.1, -0.05) is 12.1 Å². The van der Waals surface area contributed by atoms with Crippen LogP contribution in [0.1, 0.15) is 26.3 Å². The third kappa shape index (κ3) is 4.37. The molecule has 0 aliphatic heterocycles. The molecule has 2 rings (SSSR count). The number of benzene rings is 2. The zero-order valence-corrected chi connectivity index (χ0v) is 12.8. The van der Waals surface area contributed by atoms with Gasteiger partial charge in [-0.15, -0.1) is 0 Å². The van der Waals surface area contributed by atoms with E-state index in [1.165, 1.54) is 24.3 Å². The van der Waals surface area contributed by atoms with Crippen LogP contribution in [0.5, 0.6) is 0 Å². The van der Waals surface area contributed by atoms with Gasteiger partial charge in [0.15, 0.2) is 0 Å². The number of hydrogen-bond acceptors (Lipinski definition) is 5. The lowest BCUT2D eigenvalue weighted by Gasteiger charge is -2.08. The summed E-state index contributed by atoms with van der Waals surface area (Å²) in [5.74, 6) is -1.06. The smallest absolute Gasteiger partial charge is 0.269 e. The average Bonchev–Trinajstić information content (AvgIpc) is 2.60. The van der Waals surface area contributed by atoms with Crippen LogP contribution in [-0.4, -0.2) is 23.8 Å². The number of nitrogens with one attached hydrogen (secondary N) is 2. The Kier molecular flexibility index (Phi) is 5.58. The van der Waals surface area contributed by atoms with Crippen molar-refractivity contribution in [3.8, 4) is 0 Å². The third-order valence-corrected chi connectivity index (χ3v) is 3.13. The fourth-order valence-corrected chi connectivity index (χ4v) is 1.96. The number of nitro groups is 1. The number of amides is 2. The first kappa shape index (κ1) is 17.1. The van der Waals surface area contributed by atoms with Crippen molar-refractivity contribution in [1.29, 1.82) is 0 Å². The van der Waals surface area contributed by atoms with Crippen LogP contribution in [0.4, 0.5) is 5.69 Å². The van der Waals surface area contributed by atoms with E-state index in [-0.39, 0.29) is 11.3 Å². The summed E-state index contributed by atoms with van der Waals surface area (Å²) in [5, 5.41) is 10.6. The maximum atomic E-state index is 12.0. The van der Waals surface area contributed by atoms with Crippen molar-refractivity contribution in [2.75, 3.05) is 7.11 Å². The van der Waals surface area contributed by atoms with E-state index >= 15 is 0 Å². The summed E-state index contributed by atoms with van der Waals surface area (Å²) in [5.41, 5.74) is 5.81. The lowest BCUT2D eigenvalue weighted by atomic mass is 10.1. The zero-order valence-electron chi connectivity index (χ0n) is 12.8. The normalized spacial score (nSPS) is 10.0. The Hall–Kier alpha value is -3.26. The first-order valence-corrected chi connectivity index (χ1v) is 6.94. The van der Waals surface area contributed by atoms with Gasteiger partial charge in [0.25, 0.3) is 17.5 Å². The molecule has 0 radical (unpaired) electrons. The fourth-order valence-electron chi connectivity index (χ4n) is 1.96. The quantitative estimate of drug-likeness (QED) is 0.642. The fraction of sp³-hybridized carbons (Fsp3) is 0.125. The van der Waals surface area contributed by atoms with Gasteiger partial charge < -0.3 is 4.74 Å². The lowest BCUT2D eigenvalue weighted by molar-refractivity contribution is -0.384. The first-order chi connectivity index (χ1) is 11.5. The van der Waals surface area contributed by atoms with E-state index in [2.05, 4.69) is 10.9 Å². The van der Waals surface area contributed by atoms with Gasteiger partial charge in [-0.05, 0) is 29.8 Å². The minimum Gasteiger partial charge on any atom is -0.380 e. The van der Waals surface area contributed by atoms with Gasteiger partial charge in [0.05, 0.1) is 11.5 Å². The third-order valence-electron chi connectivity index (χ3n) is 3.13. The first-order valence-electron chi connectivity index (χ1n) is 6.94. The number of nitro benzene ring substituents is 1. The predicted octanol–water partition coefficient (Wildman–Crippen LogP) is 1.82. The maximum absolute atomic E-state index is 12.0. The number of ether oxygens (including phenoxy) is 1. The number of carbonyl (C=O) groups is 2. The molecule has 24 heavy (non-hydrogen) atoms. The van der Waals surface area contributed by atoms with E-state index in [0.717, 1.165) is 5.56 Å². The van der Waals surface area contributed by atoms with Crippen LogP contribution in [0.3, 0.4) is 0 Å². The molecule has 0 aromatic heterocycles. The van der Waals surface area contributed by atoms with Crippen molar-refractivity contribution in [1.82, 2.24) is 10.9 Å². The Labute approximate surface area is 137 Å². The molecule has 8 heteroatoms. The maximum Gasteiger partial charge on any atom is 0.269 e. The molecule has 0 unspecified atom stereocenters. The minimum atomic E-state index is -0.578. The summed E-state index contributed by atoms with van der Waals surface area (Å²) in [7, 11) is 1.55. The molecule has 0 saturated heterocycles. The molecule has 0 atom stereocenters. The lowest BCUT2D eigenvalue weighted by Crippen LogP contribution is -2.41. The summed E-state index contributed by atoms with van der Waals surface area (Å²) >= 11 is 0. The van der Waals surface area contributed by atoms with Crippen molar-refractivity contribution in [2.24, 2.45) is 0 Å². The summed E-state index contributed by atoms with van der Waals surface area (Å²) in [6.45, 7) is 0.371. The van der Waals surface area contributed by atoms with Gasteiger partial charge in [-0.2, -0.15) is 0 Å². The summed E-state index contributed by atoms with van der Waals surface area (Å²) in [6.07, 6.45) is 0. The van der Waals surface area contributed by atoms with Crippen LogP contribution in [0, 0.1) is 10.1 Å². The predicted molar refractivity (Wildman–Crippen MR) is 85.2 cm³/mol. The molecule has 0 fully saturated rings. The number of rotatable bonds is 5. The number of hydrogen-bond donors (Lipinski definition) is 2. The average molecular weight is 329 g/mol. The van der Waals surface area contributed by atoms with E-state index in [9.17, 15) is 19.7 Å². The van der Waals surface area contributed by atoms with Crippen molar-refractivity contribution >= 4 is 17.5 Å². The molecule has 0 heterocycles. The number of carbonyl (C=O) groups excluding carboxylic acids is 2. The number of nitrogens with zero attached hydrogens (tertiary/aromatic N) is 1. The standard InChI is InChI=1S/C16H15N3O5/c1-24-10-11-3-2-4-13(9-11)16(21)18-17-15(20)12-5-7-14(8-6-12)19(22)23/h2-9H,10H2,1H3,(H,17,20)(H,18,21). The van der Waals surface area contributed by atoms with Gasteiger partial charge in [0.1, 0.15) is 0 Å². The number of methoxy groups -OCH3 is 1. The van der Waals surface area contributed by atoms with Crippen LogP contribution in [0.2, 0.25) is 0 Å². The Morgan fingerprint density at radius 2 is 1.67 bits per heavy atom. The molecule has 0 saturated carbocycles. The molecule has 124 valence electrons. The topological polar surface area (TPSA) is 111 Å². The van der Waals surface area contributed by atoms with Crippen molar-refractivity contribution in [2.45, 2.75) is 6.61 Å². The van der Waals surface area contributed by atoms with Gasteiger partial charge in [0.2, 0.25) is 0 Å². The largest absolute Gasteiger partial charge is 0.380 e. The molecular weight excluding hydrogens is 314 g/mol. The molecular formula is C16H15N3O5. The highest BCUT2D eigenvalue weighted by atomic mass is 16.6. The van der Waals surface area contributed by atoms with E-state index < -0.39 is 16.7 Å². The second-order valence-electron chi connectivity index (χ2n) is 4.85. The minimum absolute atomic E-state index is 0.120. The van der Waals surface area contributed by atoms with Crippen molar-refractivity contribution in [3.63, 3.8) is 0 Å². The zero-order chi connectivity index (χ0) is 17.5. The molecule has 2 amide bonds. The molecule has 0 spiro atoms. The second kappa shape index (κ2) is 7.84. The van der Waals surface area contributed by atoms with Gasteiger partial charge in [0, 0.05) is 30.4 Å². The summed E-state index contributed by atoms with van der Waals surface area (Å²) < 4.78 is 5.00. The Balaban J connectivity index is 1.96. The van der Waals surface area contributed by atoms with Crippen molar-refractivity contribution in [3.05, 3.63) is 75.3 Å². The van der Waals surface area contributed by atoms with Crippen LogP contribution >= 0.6 is 0 Å². The molecule has 2 aromatic rings. The van der Waals surface area contributed by atoms with Crippen LogP contribution in [-0.2, 0) is 11.3 Å². The molecule has 0 aliphatic rings.